The van der Waals surface area contributed by atoms with E-state index in [4.69, 9.17) is 8.83 Å². The Morgan fingerprint density at radius 3 is 2.77 bits per heavy atom. The summed E-state index contributed by atoms with van der Waals surface area (Å²) in [4.78, 5) is 16.4. The number of aromatic nitrogens is 3. The number of nitrogens with zero attached hydrogens (tertiary/aromatic N) is 3. The monoisotopic (exact) mass is 377 g/mol. The molecule has 1 amide bonds. The van der Waals surface area contributed by atoms with Crippen molar-refractivity contribution in [1.29, 1.82) is 0 Å². The van der Waals surface area contributed by atoms with Crippen molar-refractivity contribution >= 4 is 21.9 Å². The molecule has 0 bridgehead atoms. The van der Waals surface area contributed by atoms with Crippen LogP contribution in [0.25, 0.3) is 11.4 Å². The molecule has 0 radical (unpaired) electrons. The highest BCUT2D eigenvalue weighted by atomic mass is 32.2. The molecule has 1 saturated heterocycles. The van der Waals surface area contributed by atoms with Crippen molar-refractivity contribution in [2.24, 2.45) is 0 Å². The summed E-state index contributed by atoms with van der Waals surface area (Å²) in [6.07, 6.45) is 4.60. The summed E-state index contributed by atoms with van der Waals surface area (Å²) in [6.45, 7) is 0.914. The quantitative estimate of drug-likeness (QED) is 0.691. The third kappa shape index (κ3) is 3.02. The molecular formula is C15H15N5O5S. The zero-order valence-corrected chi connectivity index (χ0v) is 14.3. The van der Waals surface area contributed by atoms with Gasteiger partial charge in [0.15, 0.2) is 11.6 Å². The van der Waals surface area contributed by atoms with E-state index >= 15 is 0 Å². The van der Waals surface area contributed by atoms with Crippen LogP contribution in [0.1, 0.15) is 23.4 Å². The van der Waals surface area contributed by atoms with Gasteiger partial charge in [0, 0.05) is 13.1 Å². The Kier molecular flexibility index (Phi) is 4.09. The standard InChI is InChI=1S/C15H15N5O5S/c21-14(17-15-16-13(18-19-15)10-5-8-24-9-10)11-3-4-12(25-11)26(22,23)20-6-1-2-7-20/h3-5,8-9H,1-2,6-7H2,(H2,16,17,18,19,21). The van der Waals surface area contributed by atoms with Gasteiger partial charge in [-0.2, -0.15) is 9.29 Å². The molecule has 26 heavy (non-hydrogen) atoms. The highest BCUT2D eigenvalue weighted by Crippen LogP contribution is 2.23. The van der Waals surface area contributed by atoms with Crippen LogP contribution in [-0.2, 0) is 10.0 Å². The number of hydrogen-bond acceptors (Lipinski definition) is 7. The Morgan fingerprint density at radius 1 is 1.23 bits per heavy atom. The third-order valence-electron chi connectivity index (χ3n) is 3.97. The van der Waals surface area contributed by atoms with E-state index in [2.05, 4.69) is 20.5 Å². The zero-order chi connectivity index (χ0) is 18.1. The van der Waals surface area contributed by atoms with Gasteiger partial charge in [-0.15, -0.1) is 5.10 Å². The molecule has 3 aromatic rings. The Morgan fingerprint density at radius 2 is 2.04 bits per heavy atom. The number of rotatable bonds is 5. The minimum absolute atomic E-state index is 0.0338. The Bertz CT molecular complexity index is 1010. The van der Waals surface area contributed by atoms with E-state index in [0.717, 1.165) is 12.8 Å². The summed E-state index contributed by atoms with van der Waals surface area (Å²) < 4.78 is 36.4. The van der Waals surface area contributed by atoms with E-state index in [1.807, 2.05) is 0 Å². The first-order chi connectivity index (χ1) is 12.5. The van der Waals surface area contributed by atoms with Gasteiger partial charge in [0.25, 0.3) is 15.9 Å². The molecule has 1 fully saturated rings. The molecule has 10 nitrogen and oxygen atoms in total. The number of nitrogens with one attached hydrogen (secondary N) is 2. The first-order valence-corrected chi connectivity index (χ1v) is 9.34. The molecule has 136 valence electrons. The number of sulfonamides is 1. The molecule has 2 N–H and O–H groups in total. The number of hydrogen-bond donors (Lipinski definition) is 2. The predicted molar refractivity (Wildman–Crippen MR) is 88.7 cm³/mol. The highest BCUT2D eigenvalue weighted by molar-refractivity contribution is 7.89. The van der Waals surface area contributed by atoms with E-state index in [9.17, 15) is 13.2 Å². The molecule has 4 heterocycles. The van der Waals surface area contributed by atoms with Crippen molar-refractivity contribution < 1.29 is 22.0 Å². The maximum atomic E-state index is 12.4. The van der Waals surface area contributed by atoms with Crippen molar-refractivity contribution in [1.82, 2.24) is 19.5 Å². The van der Waals surface area contributed by atoms with Crippen LogP contribution in [0.2, 0.25) is 0 Å². The number of carbonyl (C=O) groups excluding carboxylic acids is 1. The number of carbonyl (C=O) groups is 1. The molecule has 0 atom stereocenters. The number of anilines is 1. The smallest absolute Gasteiger partial charge is 0.293 e. The fourth-order valence-corrected chi connectivity index (χ4v) is 4.07. The van der Waals surface area contributed by atoms with Gasteiger partial charge >= 0.3 is 0 Å². The molecule has 4 rings (SSSR count). The van der Waals surface area contributed by atoms with Gasteiger partial charge in [-0.3, -0.25) is 15.2 Å². The molecule has 3 aromatic heterocycles. The third-order valence-corrected chi connectivity index (χ3v) is 5.74. The van der Waals surface area contributed by atoms with Gasteiger partial charge in [0.05, 0.1) is 11.8 Å². The molecule has 0 aromatic carbocycles. The van der Waals surface area contributed by atoms with Gasteiger partial charge in [0.2, 0.25) is 11.0 Å². The molecular weight excluding hydrogens is 362 g/mol. The maximum Gasteiger partial charge on any atom is 0.293 e. The lowest BCUT2D eigenvalue weighted by Gasteiger charge is -2.12. The minimum Gasteiger partial charge on any atom is -0.472 e. The fourth-order valence-electron chi connectivity index (χ4n) is 2.65. The van der Waals surface area contributed by atoms with Crippen molar-refractivity contribution in [3.05, 3.63) is 36.5 Å². The second-order valence-corrected chi connectivity index (χ2v) is 7.57. The average Bonchev–Trinajstić information content (AvgIpc) is 3.42. The normalized spacial score (nSPS) is 15.4. The summed E-state index contributed by atoms with van der Waals surface area (Å²) in [7, 11) is -3.71. The van der Waals surface area contributed by atoms with Gasteiger partial charge in [-0.05, 0) is 31.0 Å². The van der Waals surface area contributed by atoms with Crippen molar-refractivity contribution in [3.8, 4) is 11.4 Å². The van der Waals surface area contributed by atoms with E-state index in [-0.39, 0.29) is 16.8 Å². The number of amides is 1. The van der Waals surface area contributed by atoms with Crippen molar-refractivity contribution in [2.45, 2.75) is 17.9 Å². The van der Waals surface area contributed by atoms with E-state index in [1.165, 1.54) is 29.0 Å². The Balaban J connectivity index is 1.48. The number of H-pyrrole nitrogens is 1. The van der Waals surface area contributed by atoms with Crippen LogP contribution in [0.4, 0.5) is 5.95 Å². The summed E-state index contributed by atoms with van der Waals surface area (Å²) in [6, 6.07) is 4.27. The lowest BCUT2D eigenvalue weighted by Crippen LogP contribution is -2.27. The molecule has 0 aliphatic carbocycles. The first-order valence-electron chi connectivity index (χ1n) is 7.90. The SMILES string of the molecule is O=C(Nc1n[nH]c(-c2ccoc2)n1)c1ccc(S(=O)(=O)N2CCCC2)o1. The molecule has 11 heteroatoms. The van der Waals surface area contributed by atoms with Crippen LogP contribution in [0, 0.1) is 0 Å². The summed E-state index contributed by atoms with van der Waals surface area (Å²) in [5, 5.41) is 8.74. The highest BCUT2D eigenvalue weighted by Gasteiger charge is 2.30. The fraction of sp³-hybridized carbons (Fsp3) is 0.267. The largest absolute Gasteiger partial charge is 0.472 e. The second kappa shape index (κ2) is 6.42. The van der Waals surface area contributed by atoms with Crippen molar-refractivity contribution in [2.75, 3.05) is 18.4 Å². The summed E-state index contributed by atoms with van der Waals surface area (Å²) >= 11 is 0. The van der Waals surface area contributed by atoms with Gasteiger partial charge in [-0.1, -0.05) is 0 Å². The Labute approximate surface area is 148 Å². The van der Waals surface area contributed by atoms with Gasteiger partial charge in [-0.25, -0.2) is 8.42 Å². The number of furan rings is 2. The molecule has 0 saturated carbocycles. The zero-order valence-electron chi connectivity index (χ0n) is 13.5. The van der Waals surface area contributed by atoms with Crippen LogP contribution in [-0.4, -0.2) is 46.9 Å². The maximum absolute atomic E-state index is 12.4. The van der Waals surface area contributed by atoms with Crippen molar-refractivity contribution in [3.63, 3.8) is 0 Å². The summed E-state index contributed by atoms with van der Waals surface area (Å²) in [5.74, 6) is -0.333. The minimum atomic E-state index is -3.71. The van der Waals surface area contributed by atoms with Crippen LogP contribution in [0.5, 0.6) is 0 Å². The summed E-state index contributed by atoms with van der Waals surface area (Å²) in [5.41, 5.74) is 0.676. The van der Waals surface area contributed by atoms with Gasteiger partial charge < -0.3 is 8.83 Å². The van der Waals surface area contributed by atoms with E-state index in [0.29, 0.717) is 24.5 Å². The lowest BCUT2D eigenvalue weighted by atomic mass is 10.3. The molecule has 0 unspecified atom stereocenters. The van der Waals surface area contributed by atoms with Crippen LogP contribution in [0.15, 0.2) is 44.7 Å². The van der Waals surface area contributed by atoms with Gasteiger partial charge in [0.1, 0.15) is 6.26 Å². The lowest BCUT2D eigenvalue weighted by molar-refractivity contribution is 0.0990. The van der Waals surface area contributed by atoms with E-state index < -0.39 is 15.9 Å². The number of aromatic amines is 1. The predicted octanol–water partition coefficient (Wildman–Crippen LogP) is 1.69. The molecule has 1 aliphatic rings. The van der Waals surface area contributed by atoms with Crippen LogP contribution < -0.4 is 5.32 Å². The Hall–Kier alpha value is -2.92. The second-order valence-electron chi connectivity index (χ2n) is 5.70. The van der Waals surface area contributed by atoms with Crippen LogP contribution >= 0.6 is 0 Å². The molecule has 1 aliphatic heterocycles. The average molecular weight is 377 g/mol. The molecule has 0 spiro atoms. The van der Waals surface area contributed by atoms with Crippen LogP contribution in [0.3, 0.4) is 0 Å². The first kappa shape index (κ1) is 16.5. The topological polar surface area (TPSA) is 134 Å². The van der Waals surface area contributed by atoms with E-state index in [1.54, 1.807) is 6.07 Å².